The number of amides is 2. The molecule has 0 fully saturated rings. The van der Waals surface area contributed by atoms with Crippen molar-refractivity contribution in [2.45, 2.75) is 46.7 Å². The van der Waals surface area contributed by atoms with Gasteiger partial charge in [-0.2, -0.15) is 0 Å². The van der Waals surface area contributed by atoms with Crippen LogP contribution in [0.25, 0.3) is 0 Å². The molecule has 0 aliphatic rings. The molecule has 162 valence electrons. The van der Waals surface area contributed by atoms with E-state index < -0.39 is 6.04 Å². The highest BCUT2D eigenvalue weighted by Gasteiger charge is 2.29. The summed E-state index contributed by atoms with van der Waals surface area (Å²) in [5.41, 5.74) is 2.70. The average molecular weight is 451 g/mol. The smallest absolute Gasteiger partial charge is 0.261 e. The molecule has 0 unspecified atom stereocenters. The van der Waals surface area contributed by atoms with Gasteiger partial charge in [-0.3, -0.25) is 9.59 Å². The summed E-state index contributed by atoms with van der Waals surface area (Å²) in [5.74, 6) is 0.157. The molecule has 2 amide bonds. The van der Waals surface area contributed by atoms with E-state index in [0.29, 0.717) is 34.3 Å². The van der Waals surface area contributed by atoms with E-state index in [2.05, 4.69) is 5.32 Å². The highest BCUT2D eigenvalue weighted by Crippen LogP contribution is 2.24. The van der Waals surface area contributed by atoms with Crippen LogP contribution in [0.4, 0.5) is 0 Å². The third-order valence-corrected chi connectivity index (χ3v) is 5.37. The topological polar surface area (TPSA) is 58.6 Å². The molecule has 0 aliphatic heterocycles. The Morgan fingerprint density at radius 1 is 1.10 bits per heavy atom. The number of benzene rings is 2. The normalized spacial score (nSPS) is 11.7. The van der Waals surface area contributed by atoms with Gasteiger partial charge in [0, 0.05) is 23.1 Å². The molecule has 2 aromatic carbocycles. The maximum absolute atomic E-state index is 13.2. The summed E-state index contributed by atoms with van der Waals surface area (Å²) in [6.45, 7) is 8.09. The number of ether oxygens (including phenoxy) is 1. The number of halogens is 2. The molecule has 0 saturated heterocycles. The largest absolute Gasteiger partial charge is 0.483 e. The molecule has 0 bridgehead atoms. The van der Waals surface area contributed by atoms with Gasteiger partial charge in [-0.25, -0.2) is 0 Å². The van der Waals surface area contributed by atoms with E-state index in [1.165, 1.54) is 4.90 Å². The third kappa shape index (κ3) is 6.38. The van der Waals surface area contributed by atoms with Crippen LogP contribution in [0.3, 0.4) is 0 Å². The number of carbonyl (C=O) groups is 2. The second kappa shape index (κ2) is 11.2. The molecular formula is C23H28Cl2N2O3. The van der Waals surface area contributed by atoms with Crippen molar-refractivity contribution in [1.29, 1.82) is 0 Å². The zero-order chi connectivity index (χ0) is 22.3. The van der Waals surface area contributed by atoms with Crippen LogP contribution in [0.15, 0.2) is 36.4 Å². The fourth-order valence-electron chi connectivity index (χ4n) is 3.13. The van der Waals surface area contributed by atoms with Crippen LogP contribution in [-0.4, -0.2) is 35.9 Å². The summed E-state index contributed by atoms with van der Waals surface area (Å²) >= 11 is 12.3. The zero-order valence-electron chi connectivity index (χ0n) is 17.8. The van der Waals surface area contributed by atoms with E-state index in [9.17, 15) is 9.59 Å². The fourth-order valence-corrected chi connectivity index (χ4v) is 3.60. The minimum Gasteiger partial charge on any atom is -0.483 e. The van der Waals surface area contributed by atoms with Crippen molar-refractivity contribution in [3.05, 3.63) is 63.1 Å². The Balaban J connectivity index is 2.27. The summed E-state index contributed by atoms with van der Waals surface area (Å²) in [6.07, 6.45) is 0.465. The second-order valence-electron chi connectivity index (χ2n) is 7.13. The van der Waals surface area contributed by atoms with Crippen LogP contribution in [0.5, 0.6) is 5.75 Å². The molecule has 5 nitrogen and oxygen atoms in total. The van der Waals surface area contributed by atoms with Crippen molar-refractivity contribution in [2.24, 2.45) is 0 Å². The van der Waals surface area contributed by atoms with E-state index in [4.69, 9.17) is 27.9 Å². The van der Waals surface area contributed by atoms with E-state index >= 15 is 0 Å². The van der Waals surface area contributed by atoms with Gasteiger partial charge in [0.05, 0.1) is 0 Å². The molecule has 0 heterocycles. The van der Waals surface area contributed by atoms with Crippen molar-refractivity contribution in [2.75, 3.05) is 13.2 Å². The van der Waals surface area contributed by atoms with Gasteiger partial charge in [0.2, 0.25) is 5.91 Å². The highest BCUT2D eigenvalue weighted by molar-refractivity contribution is 6.35. The maximum Gasteiger partial charge on any atom is 0.261 e. The lowest BCUT2D eigenvalue weighted by Gasteiger charge is -2.30. The number of likely N-dealkylation sites (N-methyl/N-ethyl adjacent to an activating group) is 1. The first-order chi connectivity index (χ1) is 14.3. The Kier molecular flexibility index (Phi) is 9.00. The minimum atomic E-state index is -0.633. The fraction of sp³-hybridized carbons (Fsp3) is 0.391. The number of hydrogen-bond donors (Lipinski definition) is 1. The molecular weight excluding hydrogens is 423 g/mol. The number of nitrogens with zero attached hydrogens (tertiary/aromatic N) is 1. The molecule has 0 aromatic heterocycles. The molecule has 0 radical (unpaired) electrons. The van der Waals surface area contributed by atoms with Crippen molar-refractivity contribution >= 4 is 35.0 Å². The van der Waals surface area contributed by atoms with Gasteiger partial charge in [-0.05, 0) is 62.1 Å². The molecule has 0 aliphatic carbocycles. The van der Waals surface area contributed by atoms with Gasteiger partial charge < -0.3 is 15.0 Å². The van der Waals surface area contributed by atoms with E-state index in [1.807, 2.05) is 45.9 Å². The van der Waals surface area contributed by atoms with Gasteiger partial charge in [0.1, 0.15) is 11.8 Å². The summed E-state index contributed by atoms with van der Waals surface area (Å²) in [4.78, 5) is 27.3. The number of aryl methyl sites for hydroxylation is 2. The molecule has 30 heavy (non-hydrogen) atoms. The lowest BCUT2D eigenvalue weighted by molar-refractivity contribution is -0.142. The standard InChI is InChI=1S/C23H28Cl2N2O3/c1-5-20(23(29)26-6-2)27(13-17-9-10-18(24)12-19(17)25)22(28)14-30-21-11-15(3)7-8-16(21)4/h7-12,20H,5-6,13-14H2,1-4H3,(H,26,29)/t20-/m1/s1. The molecule has 2 aromatic rings. The average Bonchev–Trinajstić information content (AvgIpc) is 2.70. The number of hydrogen-bond acceptors (Lipinski definition) is 3. The van der Waals surface area contributed by atoms with Crippen LogP contribution in [0.2, 0.25) is 10.0 Å². The molecule has 0 saturated carbocycles. The zero-order valence-corrected chi connectivity index (χ0v) is 19.3. The lowest BCUT2D eigenvalue weighted by atomic mass is 10.1. The predicted octanol–water partition coefficient (Wildman–Crippen LogP) is 4.93. The summed E-state index contributed by atoms with van der Waals surface area (Å²) in [5, 5.41) is 3.76. The van der Waals surface area contributed by atoms with Crippen LogP contribution in [-0.2, 0) is 16.1 Å². The monoisotopic (exact) mass is 450 g/mol. The van der Waals surface area contributed by atoms with Crippen molar-refractivity contribution in [1.82, 2.24) is 10.2 Å². The number of carbonyl (C=O) groups excluding carboxylic acids is 2. The minimum absolute atomic E-state index is 0.175. The molecule has 7 heteroatoms. The van der Waals surface area contributed by atoms with Gasteiger partial charge >= 0.3 is 0 Å². The SMILES string of the molecule is CCNC(=O)[C@@H](CC)N(Cc1ccc(Cl)cc1Cl)C(=O)COc1cc(C)ccc1C. The summed E-state index contributed by atoms with van der Waals surface area (Å²) < 4.78 is 5.80. The first kappa shape index (κ1) is 24.0. The molecule has 2 rings (SSSR count). The van der Waals surface area contributed by atoms with Gasteiger partial charge in [0.15, 0.2) is 6.61 Å². The Bertz CT molecular complexity index is 902. The van der Waals surface area contributed by atoms with Crippen molar-refractivity contribution in [3.8, 4) is 5.75 Å². The third-order valence-electron chi connectivity index (χ3n) is 4.79. The van der Waals surface area contributed by atoms with Crippen LogP contribution >= 0.6 is 23.2 Å². The Morgan fingerprint density at radius 3 is 2.47 bits per heavy atom. The Hall–Kier alpha value is -2.24. The number of rotatable bonds is 9. The highest BCUT2D eigenvalue weighted by atomic mass is 35.5. The van der Waals surface area contributed by atoms with Crippen molar-refractivity contribution in [3.63, 3.8) is 0 Å². The molecule has 0 spiro atoms. The van der Waals surface area contributed by atoms with Crippen LogP contribution < -0.4 is 10.1 Å². The molecule has 1 atom stereocenters. The van der Waals surface area contributed by atoms with Gasteiger partial charge in [-0.1, -0.05) is 48.3 Å². The van der Waals surface area contributed by atoms with Crippen LogP contribution in [0.1, 0.15) is 37.0 Å². The lowest BCUT2D eigenvalue weighted by Crippen LogP contribution is -2.50. The van der Waals surface area contributed by atoms with Crippen LogP contribution in [0, 0.1) is 13.8 Å². The van der Waals surface area contributed by atoms with Crippen molar-refractivity contribution < 1.29 is 14.3 Å². The Morgan fingerprint density at radius 2 is 1.83 bits per heavy atom. The van der Waals surface area contributed by atoms with E-state index in [1.54, 1.807) is 18.2 Å². The quantitative estimate of drug-likeness (QED) is 0.588. The van der Waals surface area contributed by atoms with E-state index in [-0.39, 0.29) is 25.0 Å². The summed E-state index contributed by atoms with van der Waals surface area (Å²) in [7, 11) is 0. The van der Waals surface area contributed by atoms with Gasteiger partial charge in [-0.15, -0.1) is 0 Å². The summed E-state index contributed by atoms with van der Waals surface area (Å²) in [6, 6.07) is 10.3. The predicted molar refractivity (Wildman–Crippen MR) is 121 cm³/mol. The maximum atomic E-state index is 13.2. The molecule has 1 N–H and O–H groups in total. The first-order valence-electron chi connectivity index (χ1n) is 9.97. The van der Waals surface area contributed by atoms with Gasteiger partial charge in [0.25, 0.3) is 5.91 Å². The number of nitrogens with one attached hydrogen (secondary N) is 1. The Labute approximate surface area is 188 Å². The van der Waals surface area contributed by atoms with E-state index in [0.717, 1.165) is 11.1 Å². The first-order valence-corrected chi connectivity index (χ1v) is 10.7. The second-order valence-corrected chi connectivity index (χ2v) is 7.98.